The minimum atomic E-state index is -0.782. The van der Waals surface area contributed by atoms with Gasteiger partial charge in [0.05, 0.1) is 0 Å². The highest BCUT2D eigenvalue weighted by Crippen LogP contribution is 2.08. The number of rotatable bonds is 0. The average molecular weight is 363 g/mol. The highest BCUT2D eigenvalue weighted by molar-refractivity contribution is 5.16. The Hall–Kier alpha value is -2.69. The van der Waals surface area contributed by atoms with E-state index in [9.17, 15) is 17.6 Å². The van der Waals surface area contributed by atoms with Crippen LogP contribution in [0.25, 0.3) is 0 Å². The highest BCUT2D eigenvalue weighted by Gasteiger charge is 2.00. The summed E-state index contributed by atoms with van der Waals surface area (Å²) in [5.74, 6) is -2.03. The maximum Gasteiger partial charge on any atom is 0.215 e. The Balaban J connectivity index is 0.000000195. The van der Waals surface area contributed by atoms with Gasteiger partial charge in [0, 0.05) is 11.3 Å². The van der Waals surface area contributed by atoms with Crippen molar-refractivity contribution in [2.75, 3.05) is 0 Å². The Morgan fingerprint density at radius 1 is 0.577 bits per heavy atom. The summed E-state index contributed by atoms with van der Waals surface area (Å²) < 4.78 is 49.3. The first-order chi connectivity index (χ1) is 12.2. The summed E-state index contributed by atoms with van der Waals surface area (Å²) in [7, 11) is 0. The number of halogens is 4. The van der Waals surface area contributed by atoms with E-state index in [4.69, 9.17) is 0 Å². The van der Waals surface area contributed by atoms with Crippen LogP contribution in [0.5, 0.6) is 0 Å². The van der Waals surface area contributed by atoms with Crippen molar-refractivity contribution in [3.05, 3.63) is 100 Å². The van der Waals surface area contributed by atoms with Gasteiger partial charge < -0.3 is 0 Å². The normalized spacial score (nSPS) is 9.54. The summed E-state index contributed by atoms with van der Waals surface area (Å²) >= 11 is 0. The zero-order valence-corrected chi connectivity index (χ0v) is 15.2. The van der Waals surface area contributed by atoms with E-state index in [1.54, 1.807) is 45.0 Å². The molecule has 0 aliphatic carbocycles. The van der Waals surface area contributed by atoms with Gasteiger partial charge in [0.15, 0.2) is 11.6 Å². The fraction of sp³-hybridized carbons (Fsp3) is 0.190. The molecule has 0 unspecified atom stereocenters. The van der Waals surface area contributed by atoms with Crippen LogP contribution >= 0.6 is 0 Å². The maximum absolute atomic E-state index is 12.5. The molecule has 0 fully saturated rings. The molecule has 26 heavy (non-hydrogen) atoms. The SMILES string of the molecule is Cc1ccc(C)c(F)n1.Cc1cccc(F)c1F.Cc1ccccc1F. The average Bonchev–Trinajstić information content (AvgIpc) is 2.60. The Morgan fingerprint density at radius 3 is 1.58 bits per heavy atom. The largest absolute Gasteiger partial charge is 0.225 e. The van der Waals surface area contributed by atoms with E-state index in [-0.39, 0.29) is 11.8 Å². The standard InChI is InChI=1S/C7H6F2.C7H8FN.C7H7F/c1-5-3-2-4-6(8)7(5)9;1-5-3-4-6(2)9-7(5)8;1-6-4-2-3-5-7(6)8/h2-4H,1H3;3-4H,1-2H3;2-5H,1H3. The van der Waals surface area contributed by atoms with Gasteiger partial charge in [0.25, 0.3) is 0 Å². The van der Waals surface area contributed by atoms with Gasteiger partial charge in [-0.15, -0.1) is 0 Å². The number of aryl methyl sites for hydroxylation is 4. The lowest BCUT2D eigenvalue weighted by atomic mass is 10.2. The van der Waals surface area contributed by atoms with Gasteiger partial charge in [-0.05, 0) is 57.0 Å². The third kappa shape index (κ3) is 7.05. The second kappa shape index (κ2) is 10.3. The van der Waals surface area contributed by atoms with E-state index in [2.05, 4.69) is 4.98 Å². The fourth-order valence-electron chi connectivity index (χ4n) is 1.76. The molecule has 1 aromatic heterocycles. The quantitative estimate of drug-likeness (QED) is 0.340. The van der Waals surface area contributed by atoms with Crippen molar-refractivity contribution in [2.24, 2.45) is 0 Å². The van der Waals surface area contributed by atoms with E-state index in [0.717, 1.165) is 11.8 Å². The molecular formula is C21H21F4N. The molecule has 0 radical (unpaired) electrons. The monoisotopic (exact) mass is 363 g/mol. The smallest absolute Gasteiger partial charge is 0.215 e. The van der Waals surface area contributed by atoms with Gasteiger partial charge in [0.2, 0.25) is 5.95 Å². The molecule has 0 N–H and O–H groups in total. The highest BCUT2D eigenvalue weighted by atomic mass is 19.2. The van der Waals surface area contributed by atoms with Crippen LogP contribution in [0, 0.1) is 51.1 Å². The number of benzene rings is 2. The summed E-state index contributed by atoms with van der Waals surface area (Å²) in [6.07, 6.45) is 0. The van der Waals surface area contributed by atoms with Gasteiger partial charge in [-0.2, -0.15) is 4.39 Å². The zero-order valence-electron chi connectivity index (χ0n) is 15.2. The van der Waals surface area contributed by atoms with E-state index in [0.29, 0.717) is 16.7 Å². The molecule has 0 amide bonds. The van der Waals surface area contributed by atoms with Gasteiger partial charge in [0.1, 0.15) is 5.82 Å². The summed E-state index contributed by atoms with van der Waals surface area (Å²) in [5, 5.41) is 0. The second-order valence-electron chi connectivity index (χ2n) is 5.68. The van der Waals surface area contributed by atoms with Gasteiger partial charge in [-0.3, -0.25) is 0 Å². The molecule has 0 saturated carbocycles. The molecule has 1 heterocycles. The third-order valence-electron chi connectivity index (χ3n) is 3.40. The van der Waals surface area contributed by atoms with Crippen molar-refractivity contribution in [1.29, 1.82) is 0 Å². The van der Waals surface area contributed by atoms with Crippen molar-refractivity contribution in [3.8, 4) is 0 Å². The Morgan fingerprint density at radius 2 is 1.15 bits per heavy atom. The summed E-state index contributed by atoms with van der Waals surface area (Å²) in [6.45, 7) is 6.73. The molecule has 0 saturated heterocycles. The fourth-order valence-corrected chi connectivity index (χ4v) is 1.76. The molecule has 1 nitrogen and oxygen atoms in total. The number of hydrogen-bond donors (Lipinski definition) is 0. The van der Waals surface area contributed by atoms with Crippen LogP contribution in [0.2, 0.25) is 0 Å². The minimum absolute atomic E-state index is 0.132. The predicted octanol–water partition coefficient (Wildman–Crippen LogP) is 6.24. The topological polar surface area (TPSA) is 12.9 Å². The van der Waals surface area contributed by atoms with Crippen molar-refractivity contribution in [2.45, 2.75) is 27.7 Å². The van der Waals surface area contributed by atoms with Crippen LogP contribution in [0.15, 0.2) is 54.6 Å². The lowest BCUT2D eigenvalue weighted by Crippen LogP contribution is -1.88. The molecule has 138 valence electrons. The first-order valence-electron chi connectivity index (χ1n) is 7.94. The van der Waals surface area contributed by atoms with Crippen LogP contribution in [0.1, 0.15) is 22.4 Å². The molecule has 3 aromatic rings. The first kappa shape index (κ1) is 21.4. The minimum Gasteiger partial charge on any atom is -0.225 e. The molecule has 0 aliphatic rings. The van der Waals surface area contributed by atoms with Crippen molar-refractivity contribution in [1.82, 2.24) is 4.98 Å². The molecule has 3 rings (SSSR count). The molecule has 0 spiro atoms. The Bertz CT molecular complexity index is 806. The molecule has 0 aliphatic heterocycles. The second-order valence-corrected chi connectivity index (χ2v) is 5.68. The molecule has 0 bridgehead atoms. The van der Waals surface area contributed by atoms with Crippen LogP contribution in [0.4, 0.5) is 17.6 Å². The summed E-state index contributed by atoms with van der Waals surface area (Å²) in [5.41, 5.74) is 2.36. The first-order valence-corrected chi connectivity index (χ1v) is 7.94. The van der Waals surface area contributed by atoms with Gasteiger partial charge in [-0.25, -0.2) is 18.2 Å². The van der Waals surface area contributed by atoms with E-state index in [1.807, 2.05) is 6.07 Å². The molecule has 2 aromatic carbocycles. The predicted molar refractivity (Wildman–Crippen MR) is 95.9 cm³/mol. The summed E-state index contributed by atoms with van der Waals surface area (Å²) in [6, 6.07) is 14.3. The van der Waals surface area contributed by atoms with E-state index >= 15 is 0 Å². The zero-order chi connectivity index (χ0) is 19.7. The van der Waals surface area contributed by atoms with E-state index < -0.39 is 11.6 Å². The van der Waals surface area contributed by atoms with Crippen LogP contribution < -0.4 is 0 Å². The lowest BCUT2D eigenvalue weighted by Gasteiger charge is -1.93. The molecular weight excluding hydrogens is 342 g/mol. The molecule has 0 atom stereocenters. The van der Waals surface area contributed by atoms with Gasteiger partial charge >= 0.3 is 0 Å². The van der Waals surface area contributed by atoms with Crippen LogP contribution in [-0.4, -0.2) is 4.98 Å². The van der Waals surface area contributed by atoms with Crippen LogP contribution in [-0.2, 0) is 0 Å². The van der Waals surface area contributed by atoms with Crippen molar-refractivity contribution < 1.29 is 17.6 Å². The Labute approximate surface area is 151 Å². The number of nitrogens with zero attached hydrogens (tertiary/aromatic N) is 1. The lowest BCUT2D eigenvalue weighted by molar-refractivity contribution is 0.503. The maximum atomic E-state index is 12.5. The number of pyridine rings is 1. The third-order valence-corrected chi connectivity index (χ3v) is 3.40. The molecule has 5 heteroatoms. The van der Waals surface area contributed by atoms with Crippen molar-refractivity contribution >= 4 is 0 Å². The summed E-state index contributed by atoms with van der Waals surface area (Å²) in [4.78, 5) is 3.61. The Kier molecular flexibility index (Phi) is 8.49. The van der Waals surface area contributed by atoms with E-state index in [1.165, 1.54) is 25.1 Å². The van der Waals surface area contributed by atoms with Crippen LogP contribution in [0.3, 0.4) is 0 Å². The van der Waals surface area contributed by atoms with Crippen molar-refractivity contribution in [3.63, 3.8) is 0 Å². The number of hydrogen-bond acceptors (Lipinski definition) is 1. The number of aromatic nitrogens is 1. The van der Waals surface area contributed by atoms with Gasteiger partial charge in [-0.1, -0.05) is 36.4 Å².